The molecule has 16 nitrogen and oxygen atoms in total. The van der Waals surface area contributed by atoms with Crippen molar-refractivity contribution in [3.63, 3.8) is 0 Å². The van der Waals surface area contributed by atoms with Crippen LogP contribution in [0, 0.1) is 0 Å². The molecule has 0 spiro atoms. The summed E-state index contributed by atoms with van der Waals surface area (Å²) in [4.78, 5) is 24.8. The Morgan fingerprint density at radius 2 is 1.38 bits per heavy atom. The molecule has 2 heterocycles. The van der Waals surface area contributed by atoms with Gasteiger partial charge in [0.1, 0.15) is 48.8 Å². The third-order valence-corrected chi connectivity index (χ3v) is 5.67. The molecule has 0 aromatic carbocycles. The van der Waals surface area contributed by atoms with Crippen molar-refractivity contribution in [3.8, 4) is 0 Å². The predicted molar refractivity (Wildman–Crippen MR) is 101 cm³/mol. The maximum atomic E-state index is 12.7. The molecule has 34 heavy (non-hydrogen) atoms. The first-order valence-electron chi connectivity index (χ1n) is 10.1. The average molecular weight is 502 g/mol. The van der Waals surface area contributed by atoms with Crippen molar-refractivity contribution in [3.05, 3.63) is 0 Å². The minimum atomic E-state index is -3.09. The van der Waals surface area contributed by atoms with E-state index in [4.69, 9.17) is 14.2 Å². The predicted octanol–water partition coefficient (Wildman–Crippen LogP) is -6.56. The van der Waals surface area contributed by atoms with Crippen LogP contribution >= 0.6 is 0 Å². The van der Waals surface area contributed by atoms with Gasteiger partial charge in [0, 0.05) is 6.42 Å². The van der Waals surface area contributed by atoms with Crippen LogP contribution in [0.2, 0.25) is 0 Å². The molecule has 16 heteroatoms. The Morgan fingerprint density at radius 3 is 1.85 bits per heavy atom. The lowest BCUT2D eigenvalue weighted by molar-refractivity contribution is -0.392. The van der Waals surface area contributed by atoms with Crippen LogP contribution in [0.3, 0.4) is 0 Å². The summed E-state index contributed by atoms with van der Waals surface area (Å²) in [6.45, 7) is -2.03. The Kier molecular flexibility index (Phi) is 9.30. The summed E-state index contributed by atoms with van der Waals surface area (Å²) in [6.07, 6.45) is -19.2. The molecule has 198 valence electrons. The molecule has 0 aromatic heterocycles. The quantitative estimate of drug-likeness (QED) is 0.140. The number of ether oxygens (including phenoxy) is 5. The number of methoxy groups -OCH3 is 2. The summed E-state index contributed by atoms with van der Waals surface area (Å²) in [5, 5.41) is 90.8. The van der Waals surface area contributed by atoms with Gasteiger partial charge >= 0.3 is 11.9 Å². The first-order valence-corrected chi connectivity index (χ1v) is 10.1. The minimum absolute atomic E-state index is 0.821. The van der Waals surface area contributed by atoms with Crippen molar-refractivity contribution < 1.29 is 79.2 Å². The molecule has 2 saturated heterocycles. The Labute approximate surface area is 192 Å². The second kappa shape index (κ2) is 11.0. The van der Waals surface area contributed by atoms with Gasteiger partial charge in [-0.15, -0.1) is 0 Å². The summed E-state index contributed by atoms with van der Waals surface area (Å²) in [7, 11) is 1.70. The highest BCUT2D eigenvalue weighted by molar-refractivity contribution is 5.79. The lowest BCUT2D eigenvalue weighted by Gasteiger charge is -2.50. The highest BCUT2D eigenvalue weighted by atomic mass is 16.8. The van der Waals surface area contributed by atoms with E-state index in [2.05, 4.69) is 9.47 Å². The standard InChI is InChI=1S/C18H30O16/c1-30-15(27)17(29)3-8(9(23)12(33-17)6(21)4-19)32-18(16(28)31-2)14(26)11(25)10(24)13(34-18)7(22)5-20/h6-14,19-26,29H,3-5H2,1-2H3/t6-,7-,8-,9-,10-,11+,12-,13-,14+,17-,18-/m1/s1. The van der Waals surface area contributed by atoms with Crippen molar-refractivity contribution in [1.82, 2.24) is 0 Å². The second-order valence-corrected chi connectivity index (χ2v) is 7.88. The second-order valence-electron chi connectivity index (χ2n) is 7.88. The van der Waals surface area contributed by atoms with E-state index in [1.807, 2.05) is 0 Å². The summed E-state index contributed by atoms with van der Waals surface area (Å²) in [5.41, 5.74) is 0. The molecule has 0 radical (unpaired) electrons. The third kappa shape index (κ3) is 5.03. The van der Waals surface area contributed by atoms with Gasteiger partial charge in [0.2, 0.25) is 0 Å². The van der Waals surface area contributed by atoms with Crippen molar-refractivity contribution in [1.29, 1.82) is 0 Å². The van der Waals surface area contributed by atoms with Crippen LogP contribution < -0.4 is 0 Å². The van der Waals surface area contributed by atoms with Gasteiger partial charge in [-0.3, -0.25) is 0 Å². The first kappa shape index (κ1) is 28.7. The van der Waals surface area contributed by atoms with E-state index in [0.29, 0.717) is 0 Å². The molecule has 2 aliphatic heterocycles. The molecule has 0 saturated carbocycles. The fourth-order valence-electron chi connectivity index (χ4n) is 3.80. The van der Waals surface area contributed by atoms with Crippen LogP contribution in [-0.4, -0.2) is 152 Å². The average Bonchev–Trinajstić information content (AvgIpc) is 2.84. The molecule has 0 bridgehead atoms. The zero-order valence-corrected chi connectivity index (χ0v) is 18.2. The van der Waals surface area contributed by atoms with Gasteiger partial charge in [-0.05, 0) is 0 Å². The van der Waals surface area contributed by atoms with Crippen molar-refractivity contribution in [2.75, 3.05) is 27.4 Å². The zero-order valence-electron chi connectivity index (χ0n) is 18.2. The Balaban J connectivity index is 2.54. The molecule has 0 unspecified atom stereocenters. The van der Waals surface area contributed by atoms with Gasteiger partial charge in [0.15, 0.2) is 0 Å². The molecule has 0 aromatic rings. The van der Waals surface area contributed by atoms with Crippen molar-refractivity contribution in [2.24, 2.45) is 0 Å². The number of carbonyl (C=O) groups is 2. The van der Waals surface area contributed by atoms with Crippen molar-refractivity contribution in [2.45, 2.75) is 72.9 Å². The Morgan fingerprint density at radius 1 is 0.882 bits per heavy atom. The number of aliphatic hydroxyl groups is 9. The SMILES string of the molecule is COC(=O)[C@]1(O[C@@H]2C[C@](O)(C(=O)OC)O[C@H]([C@H](O)CO)[C@@H]2O)O[C@H]([C@H](O)CO)[C@H](O)[C@H](O)[C@@H]1O. The van der Waals surface area contributed by atoms with Crippen LogP contribution in [-0.2, 0) is 33.3 Å². The van der Waals surface area contributed by atoms with Crippen LogP contribution in [0.4, 0.5) is 0 Å². The zero-order chi connectivity index (χ0) is 26.0. The van der Waals surface area contributed by atoms with Crippen LogP contribution in [0.5, 0.6) is 0 Å². The van der Waals surface area contributed by atoms with Crippen LogP contribution in [0.25, 0.3) is 0 Å². The number of esters is 2. The molecule has 11 atom stereocenters. The molecule has 9 N–H and O–H groups in total. The highest BCUT2D eigenvalue weighted by Crippen LogP contribution is 2.39. The molecule has 0 amide bonds. The van der Waals surface area contributed by atoms with E-state index in [1.54, 1.807) is 0 Å². The van der Waals surface area contributed by atoms with E-state index in [0.717, 1.165) is 14.2 Å². The highest BCUT2D eigenvalue weighted by Gasteiger charge is 2.64. The van der Waals surface area contributed by atoms with E-state index < -0.39 is 98.1 Å². The minimum Gasteiger partial charge on any atom is -0.465 e. The maximum Gasteiger partial charge on any atom is 0.369 e. The van der Waals surface area contributed by atoms with E-state index >= 15 is 0 Å². The number of hydrogen-bond donors (Lipinski definition) is 9. The van der Waals surface area contributed by atoms with Gasteiger partial charge in [-0.2, -0.15) is 0 Å². The van der Waals surface area contributed by atoms with Gasteiger partial charge < -0.3 is 69.6 Å². The molecular weight excluding hydrogens is 472 g/mol. The number of rotatable bonds is 8. The number of carbonyl (C=O) groups excluding carboxylic acids is 2. The lowest BCUT2D eigenvalue weighted by Crippen LogP contribution is -2.73. The van der Waals surface area contributed by atoms with Gasteiger partial charge in [0.25, 0.3) is 11.6 Å². The third-order valence-electron chi connectivity index (χ3n) is 5.67. The molecule has 2 rings (SSSR count). The number of hydrogen-bond acceptors (Lipinski definition) is 16. The molecular formula is C18H30O16. The summed E-state index contributed by atoms with van der Waals surface area (Å²) < 4.78 is 24.8. The molecule has 2 fully saturated rings. The lowest BCUT2D eigenvalue weighted by atomic mass is 9.88. The summed E-state index contributed by atoms with van der Waals surface area (Å²) in [6, 6.07) is 0. The monoisotopic (exact) mass is 502 g/mol. The topological polar surface area (TPSA) is 262 Å². The smallest absolute Gasteiger partial charge is 0.369 e. The largest absolute Gasteiger partial charge is 0.465 e. The van der Waals surface area contributed by atoms with Crippen LogP contribution in [0.1, 0.15) is 6.42 Å². The summed E-state index contributed by atoms with van der Waals surface area (Å²) >= 11 is 0. The van der Waals surface area contributed by atoms with Gasteiger partial charge in [-0.1, -0.05) is 0 Å². The van der Waals surface area contributed by atoms with Gasteiger partial charge in [0.05, 0.1) is 33.5 Å². The maximum absolute atomic E-state index is 12.7. The fraction of sp³-hybridized carbons (Fsp3) is 0.889. The fourth-order valence-corrected chi connectivity index (χ4v) is 3.80. The molecule has 2 aliphatic rings. The first-order chi connectivity index (χ1) is 15.8. The van der Waals surface area contributed by atoms with Crippen LogP contribution in [0.15, 0.2) is 0 Å². The Bertz CT molecular complexity index is 720. The van der Waals surface area contributed by atoms with Crippen molar-refractivity contribution >= 4 is 11.9 Å². The summed E-state index contributed by atoms with van der Waals surface area (Å²) in [5.74, 6) is -8.94. The van der Waals surface area contributed by atoms with E-state index in [-0.39, 0.29) is 0 Å². The van der Waals surface area contributed by atoms with Gasteiger partial charge in [-0.25, -0.2) is 9.59 Å². The number of aliphatic hydroxyl groups excluding tert-OH is 8. The molecule has 0 aliphatic carbocycles. The van der Waals surface area contributed by atoms with E-state index in [1.165, 1.54) is 0 Å². The van der Waals surface area contributed by atoms with E-state index in [9.17, 15) is 55.5 Å². The normalized spacial score (nSPS) is 42.5. The Hall–Kier alpha value is -1.54.